The molecule has 0 aromatic heterocycles. The topological polar surface area (TPSA) is 60.4 Å². The highest BCUT2D eigenvalue weighted by molar-refractivity contribution is 7.88. The second-order valence-electron chi connectivity index (χ2n) is 4.79. The molecule has 0 aliphatic carbocycles. The number of hydrogen-bond donors (Lipinski definition) is 0. The first-order valence-corrected chi connectivity index (χ1v) is 8.44. The van der Waals surface area contributed by atoms with Crippen molar-refractivity contribution in [1.29, 1.82) is 0 Å². The van der Waals surface area contributed by atoms with E-state index in [0.29, 0.717) is 10.6 Å². The van der Waals surface area contributed by atoms with Crippen LogP contribution in [-0.2, 0) is 10.1 Å². The Hall–Kier alpha value is -2.32. The number of rotatable bonds is 5. The zero-order chi connectivity index (χ0) is 18.7. The number of alkyl halides is 3. The Morgan fingerprint density at radius 3 is 2.20 bits per heavy atom. The molecule has 2 aromatic carbocycles. The molecule has 0 radical (unpaired) electrons. The van der Waals surface area contributed by atoms with E-state index < -0.39 is 21.4 Å². The number of benzene rings is 2. The number of halogens is 4. The van der Waals surface area contributed by atoms with Gasteiger partial charge in [0.15, 0.2) is 12.0 Å². The first-order chi connectivity index (χ1) is 11.6. The largest absolute Gasteiger partial charge is 0.534 e. The van der Waals surface area contributed by atoms with E-state index in [9.17, 15) is 26.4 Å². The van der Waals surface area contributed by atoms with Crippen molar-refractivity contribution in [2.75, 3.05) is 0 Å². The molecule has 2 aromatic rings. The van der Waals surface area contributed by atoms with Gasteiger partial charge >= 0.3 is 15.6 Å². The van der Waals surface area contributed by atoms with Gasteiger partial charge in [0.2, 0.25) is 0 Å². The van der Waals surface area contributed by atoms with Crippen molar-refractivity contribution in [2.45, 2.75) is 5.51 Å². The van der Waals surface area contributed by atoms with Crippen LogP contribution in [-0.4, -0.2) is 20.2 Å². The minimum Gasteiger partial charge on any atom is -0.375 e. The standard InChI is InChI=1S/C16H10ClF3O4S/c17-14-3-1-2-11(9-14)4-5-12-6-7-15(13(8-12)10-21)24-25(22,23)16(18,19)20/h1-10H/b5-4+. The van der Waals surface area contributed by atoms with Crippen molar-refractivity contribution in [3.05, 3.63) is 64.2 Å². The molecule has 9 heteroatoms. The van der Waals surface area contributed by atoms with Gasteiger partial charge in [0.1, 0.15) is 0 Å². The molecule has 0 bridgehead atoms. The smallest absolute Gasteiger partial charge is 0.375 e. The molecule has 0 aliphatic rings. The molecule has 0 atom stereocenters. The van der Waals surface area contributed by atoms with Gasteiger partial charge in [0.05, 0.1) is 5.56 Å². The Labute approximate surface area is 146 Å². The molecule has 4 nitrogen and oxygen atoms in total. The molecule has 2 rings (SSSR count). The SMILES string of the molecule is O=Cc1cc(/C=C/c2cccc(Cl)c2)ccc1OS(=O)(=O)C(F)(F)F. The monoisotopic (exact) mass is 390 g/mol. The molecule has 0 amide bonds. The molecular weight excluding hydrogens is 381 g/mol. The van der Waals surface area contributed by atoms with Crippen LogP contribution in [0.25, 0.3) is 12.2 Å². The predicted octanol–water partition coefficient (Wildman–Crippen LogP) is 4.55. The zero-order valence-corrected chi connectivity index (χ0v) is 13.9. The van der Waals surface area contributed by atoms with Gasteiger partial charge in [-0.15, -0.1) is 0 Å². The molecule has 0 saturated heterocycles. The molecule has 0 unspecified atom stereocenters. The summed E-state index contributed by atoms with van der Waals surface area (Å²) in [4.78, 5) is 11.0. The lowest BCUT2D eigenvalue weighted by Gasteiger charge is -2.11. The second kappa shape index (κ2) is 7.28. The zero-order valence-electron chi connectivity index (χ0n) is 12.3. The molecule has 0 N–H and O–H groups in total. The third-order valence-corrected chi connectivity index (χ3v) is 4.16. The normalized spacial score (nSPS) is 12.3. The fraction of sp³-hybridized carbons (Fsp3) is 0.0625. The van der Waals surface area contributed by atoms with Gasteiger partial charge in [-0.1, -0.05) is 42.0 Å². The summed E-state index contributed by atoms with van der Waals surface area (Å²) in [6.45, 7) is 0. The Kier molecular flexibility index (Phi) is 5.54. The van der Waals surface area contributed by atoms with Crippen molar-refractivity contribution in [1.82, 2.24) is 0 Å². The molecule has 25 heavy (non-hydrogen) atoms. The van der Waals surface area contributed by atoms with Gasteiger partial charge in [0, 0.05) is 5.02 Å². The number of carbonyl (C=O) groups is 1. The number of carbonyl (C=O) groups excluding carboxylic acids is 1. The summed E-state index contributed by atoms with van der Waals surface area (Å²) in [6.07, 6.45) is 3.46. The van der Waals surface area contributed by atoms with E-state index in [0.717, 1.165) is 11.6 Å². The fourth-order valence-electron chi connectivity index (χ4n) is 1.81. The predicted molar refractivity (Wildman–Crippen MR) is 87.8 cm³/mol. The Bertz CT molecular complexity index is 921. The van der Waals surface area contributed by atoms with Gasteiger partial charge in [-0.05, 0) is 35.4 Å². The lowest BCUT2D eigenvalue weighted by atomic mass is 10.1. The number of aldehydes is 1. The van der Waals surface area contributed by atoms with Crippen LogP contribution in [0.5, 0.6) is 5.75 Å². The van der Waals surface area contributed by atoms with Crippen LogP contribution in [0, 0.1) is 0 Å². The van der Waals surface area contributed by atoms with Gasteiger partial charge < -0.3 is 4.18 Å². The molecule has 0 aliphatic heterocycles. The third kappa shape index (κ3) is 4.83. The number of hydrogen-bond acceptors (Lipinski definition) is 4. The Balaban J connectivity index is 2.29. The summed E-state index contributed by atoms with van der Waals surface area (Å²) in [5.41, 5.74) is -4.70. The van der Waals surface area contributed by atoms with Crippen LogP contribution < -0.4 is 4.18 Å². The molecule has 0 heterocycles. The van der Waals surface area contributed by atoms with E-state index in [-0.39, 0.29) is 11.8 Å². The lowest BCUT2D eigenvalue weighted by molar-refractivity contribution is -0.0500. The highest BCUT2D eigenvalue weighted by atomic mass is 35.5. The molecule has 0 fully saturated rings. The Morgan fingerprint density at radius 1 is 1.00 bits per heavy atom. The van der Waals surface area contributed by atoms with Gasteiger partial charge in [-0.2, -0.15) is 21.6 Å². The molecule has 0 saturated carbocycles. The summed E-state index contributed by atoms with van der Waals surface area (Å²) >= 11 is 5.85. The van der Waals surface area contributed by atoms with Gasteiger partial charge in [0.25, 0.3) is 0 Å². The average molecular weight is 391 g/mol. The molecule has 132 valence electrons. The van der Waals surface area contributed by atoms with E-state index >= 15 is 0 Å². The van der Waals surface area contributed by atoms with Gasteiger partial charge in [-0.25, -0.2) is 0 Å². The van der Waals surface area contributed by atoms with E-state index in [4.69, 9.17) is 11.6 Å². The molecule has 0 spiro atoms. The summed E-state index contributed by atoms with van der Waals surface area (Å²) in [5.74, 6) is -0.702. The van der Waals surface area contributed by atoms with Crippen molar-refractivity contribution in [3.8, 4) is 5.75 Å². The van der Waals surface area contributed by atoms with Crippen molar-refractivity contribution < 1.29 is 30.6 Å². The van der Waals surface area contributed by atoms with E-state index in [1.165, 1.54) is 12.1 Å². The van der Waals surface area contributed by atoms with E-state index in [1.807, 2.05) is 0 Å². The van der Waals surface area contributed by atoms with Crippen LogP contribution in [0.4, 0.5) is 13.2 Å². The first kappa shape index (κ1) is 19.0. The van der Waals surface area contributed by atoms with Crippen molar-refractivity contribution in [3.63, 3.8) is 0 Å². The average Bonchev–Trinajstić information content (AvgIpc) is 2.52. The quantitative estimate of drug-likeness (QED) is 0.325. The second-order valence-corrected chi connectivity index (χ2v) is 6.76. The maximum Gasteiger partial charge on any atom is 0.534 e. The van der Waals surface area contributed by atoms with Crippen LogP contribution in [0.2, 0.25) is 5.02 Å². The highest BCUT2D eigenvalue weighted by Gasteiger charge is 2.48. The van der Waals surface area contributed by atoms with E-state index in [2.05, 4.69) is 4.18 Å². The van der Waals surface area contributed by atoms with Crippen LogP contribution in [0.3, 0.4) is 0 Å². The summed E-state index contributed by atoms with van der Waals surface area (Å²) < 4.78 is 63.1. The van der Waals surface area contributed by atoms with Crippen LogP contribution >= 0.6 is 11.6 Å². The fourth-order valence-corrected chi connectivity index (χ4v) is 2.49. The first-order valence-electron chi connectivity index (χ1n) is 6.66. The van der Waals surface area contributed by atoms with Crippen LogP contribution in [0.15, 0.2) is 42.5 Å². The van der Waals surface area contributed by atoms with Crippen LogP contribution in [0.1, 0.15) is 21.5 Å². The summed E-state index contributed by atoms with van der Waals surface area (Å²) in [6, 6.07) is 10.4. The maximum atomic E-state index is 12.4. The highest BCUT2D eigenvalue weighted by Crippen LogP contribution is 2.29. The minimum absolute atomic E-state index is 0.206. The van der Waals surface area contributed by atoms with Crippen molar-refractivity contribution >= 4 is 40.2 Å². The van der Waals surface area contributed by atoms with Gasteiger partial charge in [-0.3, -0.25) is 4.79 Å². The Morgan fingerprint density at radius 2 is 1.64 bits per heavy atom. The summed E-state index contributed by atoms with van der Waals surface area (Å²) in [7, 11) is -5.85. The maximum absolute atomic E-state index is 12.4. The molecular formula is C16H10ClF3O4S. The van der Waals surface area contributed by atoms with Crippen molar-refractivity contribution in [2.24, 2.45) is 0 Å². The third-order valence-electron chi connectivity index (χ3n) is 2.96. The lowest BCUT2D eigenvalue weighted by Crippen LogP contribution is -2.28. The minimum atomic E-state index is -5.85. The summed E-state index contributed by atoms with van der Waals surface area (Å²) in [5, 5.41) is 0.525. The van der Waals surface area contributed by atoms with E-state index in [1.54, 1.807) is 36.4 Å².